The molecule has 96 valence electrons. The van der Waals surface area contributed by atoms with E-state index < -0.39 is 0 Å². The molecule has 1 aliphatic heterocycles. The molecular formula is C13H17ClN4. The normalized spacial score (nSPS) is 19.7. The van der Waals surface area contributed by atoms with Crippen LogP contribution >= 0.6 is 11.6 Å². The van der Waals surface area contributed by atoms with Gasteiger partial charge in [0.05, 0.1) is 11.6 Å². The fourth-order valence-electron chi connectivity index (χ4n) is 2.27. The third kappa shape index (κ3) is 3.34. The van der Waals surface area contributed by atoms with Crippen molar-refractivity contribution in [2.75, 3.05) is 31.5 Å². The molecule has 0 spiro atoms. The summed E-state index contributed by atoms with van der Waals surface area (Å²) in [5, 5.41) is 12.5. The topological polar surface area (TPSA) is 52.0 Å². The summed E-state index contributed by atoms with van der Waals surface area (Å²) in [4.78, 5) is 6.61. The molecule has 1 aromatic heterocycles. The first-order valence-electron chi connectivity index (χ1n) is 6.25. The van der Waals surface area contributed by atoms with Gasteiger partial charge in [0.15, 0.2) is 0 Å². The van der Waals surface area contributed by atoms with E-state index in [1.165, 1.54) is 13.0 Å². The summed E-state index contributed by atoms with van der Waals surface area (Å²) >= 11 is 5.86. The summed E-state index contributed by atoms with van der Waals surface area (Å²) in [5.41, 5.74) is 0.541. The number of nitrogens with zero attached hydrogens (tertiary/aromatic N) is 3. The molecule has 1 saturated heterocycles. The second-order valence-corrected chi connectivity index (χ2v) is 4.99. The molecule has 1 unspecified atom stereocenters. The smallest absolute Gasteiger partial charge is 0.132 e. The quantitative estimate of drug-likeness (QED) is 0.849. The van der Waals surface area contributed by atoms with Gasteiger partial charge in [-0.25, -0.2) is 4.98 Å². The standard InChI is InChI=1S/C13H17ClN4/c1-2-18-4-3-10(9-18)8-16-13-6-11(7-15)5-12(14)17-13/h5-6,10H,2-4,8-9H2,1H3,(H,16,17). The van der Waals surface area contributed by atoms with E-state index in [0.717, 1.165) is 19.6 Å². The van der Waals surface area contributed by atoms with Crippen molar-refractivity contribution in [1.82, 2.24) is 9.88 Å². The first kappa shape index (κ1) is 13.1. The monoisotopic (exact) mass is 264 g/mol. The molecule has 18 heavy (non-hydrogen) atoms. The van der Waals surface area contributed by atoms with Crippen molar-refractivity contribution < 1.29 is 0 Å². The number of hydrogen-bond acceptors (Lipinski definition) is 4. The van der Waals surface area contributed by atoms with Crippen molar-refractivity contribution in [1.29, 1.82) is 5.26 Å². The Morgan fingerprint density at radius 3 is 3.11 bits per heavy atom. The van der Waals surface area contributed by atoms with Gasteiger partial charge in [0.2, 0.25) is 0 Å². The fourth-order valence-corrected chi connectivity index (χ4v) is 2.48. The number of nitrogens with one attached hydrogen (secondary N) is 1. The number of hydrogen-bond donors (Lipinski definition) is 1. The Morgan fingerprint density at radius 2 is 2.44 bits per heavy atom. The number of pyridine rings is 1. The van der Waals surface area contributed by atoms with E-state index in [9.17, 15) is 0 Å². The minimum Gasteiger partial charge on any atom is -0.370 e. The van der Waals surface area contributed by atoms with Gasteiger partial charge < -0.3 is 10.2 Å². The van der Waals surface area contributed by atoms with Gasteiger partial charge >= 0.3 is 0 Å². The highest BCUT2D eigenvalue weighted by Gasteiger charge is 2.20. The molecule has 2 rings (SSSR count). The Morgan fingerprint density at radius 1 is 1.61 bits per heavy atom. The van der Waals surface area contributed by atoms with E-state index in [4.69, 9.17) is 16.9 Å². The molecule has 0 bridgehead atoms. The molecule has 1 fully saturated rings. The lowest BCUT2D eigenvalue weighted by atomic mass is 10.1. The summed E-state index contributed by atoms with van der Waals surface area (Å²) in [6.45, 7) is 6.50. The van der Waals surface area contributed by atoms with Crippen LogP contribution in [0.2, 0.25) is 5.15 Å². The van der Waals surface area contributed by atoms with E-state index in [0.29, 0.717) is 22.5 Å². The lowest BCUT2D eigenvalue weighted by Gasteiger charge is -2.14. The Hall–Kier alpha value is -1.31. The SMILES string of the molecule is CCN1CCC(CNc2cc(C#N)cc(Cl)n2)C1. The average molecular weight is 265 g/mol. The van der Waals surface area contributed by atoms with E-state index in [-0.39, 0.29) is 0 Å². The fraction of sp³-hybridized carbons (Fsp3) is 0.538. The second-order valence-electron chi connectivity index (χ2n) is 4.60. The summed E-state index contributed by atoms with van der Waals surface area (Å²) in [6, 6.07) is 5.38. The lowest BCUT2D eigenvalue weighted by Crippen LogP contribution is -2.22. The maximum Gasteiger partial charge on any atom is 0.132 e. The van der Waals surface area contributed by atoms with Crippen LogP contribution in [0, 0.1) is 17.2 Å². The van der Waals surface area contributed by atoms with Gasteiger partial charge in [0.1, 0.15) is 11.0 Å². The molecule has 1 aliphatic rings. The Balaban J connectivity index is 1.91. The first-order valence-corrected chi connectivity index (χ1v) is 6.63. The molecule has 2 heterocycles. The highest BCUT2D eigenvalue weighted by molar-refractivity contribution is 6.29. The van der Waals surface area contributed by atoms with E-state index in [1.807, 2.05) is 0 Å². The minimum atomic E-state index is 0.359. The predicted molar refractivity (Wildman–Crippen MR) is 72.7 cm³/mol. The summed E-state index contributed by atoms with van der Waals surface area (Å²) in [5.74, 6) is 1.34. The highest BCUT2D eigenvalue weighted by Crippen LogP contribution is 2.18. The Kier molecular flexibility index (Phi) is 4.40. The molecular weight excluding hydrogens is 248 g/mol. The molecule has 1 aromatic rings. The molecule has 1 N–H and O–H groups in total. The van der Waals surface area contributed by atoms with Crippen molar-refractivity contribution in [3.8, 4) is 6.07 Å². The zero-order valence-electron chi connectivity index (χ0n) is 10.5. The highest BCUT2D eigenvalue weighted by atomic mass is 35.5. The average Bonchev–Trinajstić information content (AvgIpc) is 2.83. The number of anilines is 1. The lowest BCUT2D eigenvalue weighted by molar-refractivity contribution is 0.345. The molecule has 0 aliphatic carbocycles. The van der Waals surface area contributed by atoms with Crippen LogP contribution in [0.1, 0.15) is 18.9 Å². The third-order valence-corrected chi connectivity index (χ3v) is 3.51. The number of likely N-dealkylation sites (tertiary alicyclic amines) is 1. The van der Waals surface area contributed by atoms with Crippen LogP contribution in [-0.2, 0) is 0 Å². The maximum atomic E-state index is 8.86. The molecule has 4 nitrogen and oxygen atoms in total. The Labute approximate surface area is 113 Å². The van der Waals surface area contributed by atoms with Crippen molar-refractivity contribution in [2.45, 2.75) is 13.3 Å². The van der Waals surface area contributed by atoms with E-state index in [1.54, 1.807) is 12.1 Å². The van der Waals surface area contributed by atoms with Crippen molar-refractivity contribution in [3.63, 3.8) is 0 Å². The second kappa shape index (κ2) is 6.03. The van der Waals surface area contributed by atoms with Gasteiger partial charge in [-0.2, -0.15) is 5.26 Å². The number of halogens is 1. The zero-order valence-corrected chi connectivity index (χ0v) is 11.2. The van der Waals surface area contributed by atoms with Gasteiger partial charge in [-0.1, -0.05) is 18.5 Å². The first-order chi connectivity index (χ1) is 8.71. The molecule has 0 radical (unpaired) electrons. The van der Waals surface area contributed by atoms with Crippen LogP contribution in [0.3, 0.4) is 0 Å². The number of aromatic nitrogens is 1. The van der Waals surface area contributed by atoms with Gasteiger partial charge in [-0.05, 0) is 37.6 Å². The Bertz CT molecular complexity index is 455. The molecule has 0 amide bonds. The molecule has 0 saturated carbocycles. The molecule has 5 heteroatoms. The van der Waals surface area contributed by atoms with Gasteiger partial charge in [-0.15, -0.1) is 0 Å². The van der Waals surface area contributed by atoms with Crippen LogP contribution in [-0.4, -0.2) is 36.1 Å². The largest absolute Gasteiger partial charge is 0.370 e. The minimum absolute atomic E-state index is 0.359. The maximum absolute atomic E-state index is 8.86. The number of rotatable bonds is 4. The molecule has 1 atom stereocenters. The van der Waals surface area contributed by atoms with Crippen LogP contribution in [0.25, 0.3) is 0 Å². The third-order valence-electron chi connectivity index (χ3n) is 3.31. The summed E-state index contributed by atoms with van der Waals surface area (Å²) in [7, 11) is 0. The van der Waals surface area contributed by atoms with Crippen LogP contribution in [0.15, 0.2) is 12.1 Å². The predicted octanol–water partition coefficient (Wildman–Crippen LogP) is 2.36. The van der Waals surface area contributed by atoms with E-state index >= 15 is 0 Å². The van der Waals surface area contributed by atoms with Crippen LogP contribution < -0.4 is 5.32 Å². The van der Waals surface area contributed by atoms with Gasteiger partial charge in [0.25, 0.3) is 0 Å². The van der Waals surface area contributed by atoms with Crippen LogP contribution in [0.5, 0.6) is 0 Å². The van der Waals surface area contributed by atoms with E-state index in [2.05, 4.69) is 28.2 Å². The molecule has 0 aromatic carbocycles. The van der Waals surface area contributed by atoms with Crippen LogP contribution in [0.4, 0.5) is 5.82 Å². The zero-order chi connectivity index (χ0) is 13.0. The van der Waals surface area contributed by atoms with Crippen molar-refractivity contribution >= 4 is 17.4 Å². The van der Waals surface area contributed by atoms with Gasteiger partial charge in [0, 0.05) is 13.1 Å². The van der Waals surface area contributed by atoms with Crippen molar-refractivity contribution in [3.05, 3.63) is 22.8 Å². The van der Waals surface area contributed by atoms with Gasteiger partial charge in [-0.3, -0.25) is 0 Å². The van der Waals surface area contributed by atoms with Crippen molar-refractivity contribution in [2.24, 2.45) is 5.92 Å². The number of nitriles is 1. The summed E-state index contributed by atoms with van der Waals surface area (Å²) < 4.78 is 0. The summed E-state index contributed by atoms with van der Waals surface area (Å²) in [6.07, 6.45) is 1.21.